The molecule has 0 spiro atoms. The molecule has 1 heterocycles. The molecule has 0 bridgehead atoms. The third kappa shape index (κ3) is 2.77. The molecule has 2 unspecified atom stereocenters. The van der Waals surface area contributed by atoms with E-state index in [0.717, 1.165) is 10.3 Å². The first-order valence-electron chi connectivity index (χ1n) is 3.14. The Bertz CT molecular complexity index is 253. The highest BCUT2D eigenvalue weighted by Gasteiger charge is 2.36. The number of halogens is 3. The number of aromatic nitrogens is 1. The Hall–Kier alpha value is 1.03. The Balaban J connectivity index is 0.000000605. The van der Waals surface area contributed by atoms with Crippen LogP contribution < -0.4 is 5.73 Å². The van der Waals surface area contributed by atoms with Crippen LogP contribution >= 0.6 is 61.2 Å². The van der Waals surface area contributed by atoms with E-state index in [1.54, 1.807) is 11.3 Å². The van der Waals surface area contributed by atoms with Crippen LogP contribution in [-0.2, 0) is 0 Å². The normalized spacial score (nSPS) is 25.5. The van der Waals surface area contributed by atoms with Gasteiger partial charge in [-0.2, -0.15) is 0 Å². The molecule has 6 heteroatoms. The maximum absolute atomic E-state index is 5.67. The van der Waals surface area contributed by atoms with E-state index < -0.39 is 0 Å². The largest absolute Gasteiger partial charge is 0.327 e. The summed E-state index contributed by atoms with van der Waals surface area (Å²) in [5.41, 5.74) is 5.67. The Morgan fingerprint density at radius 1 is 1.58 bits per heavy atom. The lowest BCUT2D eigenvalue weighted by Gasteiger charge is -1.85. The van der Waals surface area contributed by atoms with Gasteiger partial charge in [0, 0.05) is 23.0 Å². The minimum Gasteiger partial charge on any atom is -0.327 e. The molecule has 1 aliphatic carbocycles. The average Bonchev–Trinajstić information content (AvgIpc) is 2.42. The first kappa shape index (κ1) is 13.0. The second kappa shape index (κ2) is 5.05. The molecule has 1 aliphatic rings. The van der Waals surface area contributed by atoms with Crippen LogP contribution in [0, 0.1) is 0 Å². The first-order chi connectivity index (χ1) is 4.77. The monoisotopic (exact) mass is 378 g/mol. The minimum atomic E-state index is 0. The quantitative estimate of drug-likeness (QED) is 0.813. The highest BCUT2D eigenvalue weighted by atomic mass is 79.9. The molecular weight excluding hydrogens is 372 g/mol. The zero-order chi connectivity index (χ0) is 7.14. The Morgan fingerprint density at radius 2 is 2.17 bits per heavy atom. The lowest BCUT2D eigenvalue weighted by molar-refractivity contribution is 1.00. The molecule has 2 nitrogen and oxygen atoms in total. The molecule has 0 amide bonds. The maximum atomic E-state index is 5.67. The van der Waals surface area contributed by atoms with Gasteiger partial charge in [-0.3, -0.25) is 0 Å². The number of hydrogen-bond donors (Lipinski definition) is 1. The van der Waals surface area contributed by atoms with Crippen LogP contribution in [0.5, 0.6) is 0 Å². The molecule has 70 valence electrons. The van der Waals surface area contributed by atoms with Crippen LogP contribution in [0.1, 0.15) is 17.2 Å². The van der Waals surface area contributed by atoms with Gasteiger partial charge in [0.05, 0.1) is 0 Å². The number of thiazole rings is 1. The van der Waals surface area contributed by atoms with Crippen molar-refractivity contribution in [1.82, 2.24) is 4.98 Å². The molecule has 1 aromatic heterocycles. The molecule has 12 heavy (non-hydrogen) atoms. The summed E-state index contributed by atoms with van der Waals surface area (Å²) >= 11 is 5.00. The lowest BCUT2D eigenvalue weighted by atomic mass is 10.4. The summed E-state index contributed by atoms with van der Waals surface area (Å²) < 4.78 is 0.960. The third-order valence-electron chi connectivity index (χ3n) is 1.70. The summed E-state index contributed by atoms with van der Waals surface area (Å²) in [4.78, 5) is 5.41. The summed E-state index contributed by atoms with van der Waals surface area (Å²) in [6.07, 6.45) is 3.04. The van der Waals surface area contributed by atoms with Crippen LogP contribution in [0.3, 0.4) is 0 Å². The van der Waals surface area contributed by atoms with E-state index in [-0.39, 0.29) is 34.0 Å². The predicted octanol–water partition coefficient (Wildman–Crippen LogP) is 2.88. The molecule has 0 aromatic carbocycles. The third-order valence-corrected chi connectivity index (χ3v) is 3.31. The molecule has 0 aliphatic heterocycles. The second-order valence-electron chi connectivity index (χ2n) is 2.52. The van der Waals surface area contributed by atoms with Gasteiger partial charge >= 0.3 is 0 Å². The van der Waals surface area contributed by atoms with Gasteiger partial charge in [0.2, 0.25) is 0 Å². The van der Waals surface area contributed by atoms with E-state index in [0.29, 0.717) is 12.0 Å². The fourth-order valence-corrected chi connectivity index (χ4v) is 2.47. The van der Waals surface area contributed by atoms with Crippen LogP contribution in [0.25, 0.3) is 0 Å². The average molecular weight is 381 g/mol. The van der Waals surface area contributed by atoms with E-state index >= 15 is 0 Å². The predicted molar refractivity (Wildman–Crippen MR) is 65.8 cm³/mol. The number of rotatable bonds is 1. The van der Waals surface area contributed by atoms with Gasteiger partial charge in [0.1, 0.15) is 0 Å². The topological polar surface area (TPSA) is 38.9 Å². The Morgan fingerprint density at radius 3 is 2.50 bits per heavy atom. The number of nitrogens with two attached hydrogens (primary N) is 1. The SMILES string of the molecule is Br.Br.NC1CC1c1cnc(Br)s1. The number of hydrogen-bond acceptors (Lipinski definition) is 3. The maximum Gasteiger partial charge on any atom is 0.159 e. The van der Waals surface area contributed by atoms with Crippen molar-refractivity contribution in [2.75, 3.05) is 0 Å². The second-order valence-corrected chi connectivity index (χ2v) is 4.86. The molecule has 0 saturated heterocycles. The van der Waals surface area contributed by atoms with Crippen LogP contribution in [0.15, 0.2) is 10.1 Å². The molecule has 2 N–H and O–H groups in total. The van der Waals surface area contributed by atoms with Crippen molar-refractivity contribution in [1.29, 1.82) is 0 Å². The van der Waals surface area contributed by atoms with Gasteiger partial charge in [-0.15, -0.1) is 45.3 Å². The zero-order valence-electron chi connectivity index (χ0n) is 6.07. The van der Waals surface area contributed by atoms with Crippen molar-refractivity contribution in [2.24, 2.45) is 5.73 Å². The van der Waals surface area contributed by atoms with E-state index in [9.17, 15) is 0 Å². The van der Waals surface area contributed by atoms with Gasteiger partial charge in [0.15, 0.2) is 3.92 Å². The Kier molecular flexibility index (Phi) is 5.48. The zero-order valence-corrected chi connectivity index (χ0v) is 11.9. The van der Waals surface area contributed by atoms with Crippen LogP contribution in [0.2, 0.25) is 0 Å². The van der Waals surface area contributed by atoms with Crippen molar-refractivity contribution in [2.45, 2.75) is 18.4 Å². The first-order valence-corrected chi connectivity index (χ1v) is 4.75. The molecule has 2 rings (SSSR count). The van der Waals surface area contributed by atoms with Crippen molar-refractivity contribution >= 4 is 61.2 Å². The van der Waals surface area contributed by atoms with Gasteiger partial charge in [-0.1, -0.05) is 0 Å². The summed E-state index contributed by atoms with van der Waals surface area (Å²) in [5, 5.41) is 0. The van der Waals surface area contributed by atoms with Crippen molar-refractivity contribution < 1.29 is 0 Å². The lowest BCUT2D eigenvalue weighted by Crippen LogP contribution is -1.99. The van der Waals surface area contributed by atoms with E-state index in [2.05, 4.69) is 20.9 Å². The summed E-state index contributed by atoms with van der Waals surface area (Å²) in [6, 6.07) is 0.396. The summed E-state index contributed by atoms with van der Waals surface area (Å²) in [7, 11) is 0. The van der Waals surface area contributed by atoms with Gasteiger partial charge in [-0.25, -0.2) is 4.98 Å². The van der Waals surface area contributed by atoms with Crippen molar-refractivity contribution in [3.63, 3.8) is 0 Å². The Labute approximate surface area is 105 Å². The summed E-state index contributed by atoms with van der Waals surface area (Å²) in [6.45, 7) is 0. The van der Waals surface area contributed by atoms with E-state index in [4.69, 9.17) is 5.73 Å². The molecule has 1 saturated carbocycles. The fourth-order valence-electron chi connectivity index (χ4n) is 0.978. The van der Waals surface area contributed by atoms with Crippen molar-refractivity contribution in [3.05, 3.63) is 15.0 Å². The summed E-state index contributed by atoms with van der Waals surface area (Å²) in [5.74, 6) is 0.601. The molecule has 0 radical (unpaired) electrons. The smallest absolute Gasteiger partial charge is 0.159 e. The van der Waals surface area contributed by atoms with Gasteiger partial charge in [0.25, 0.3) is 0 Å². The fraction of sp³-hybridized carbons (Fsp3) is 0.500. The van der Waals surface area contributed by atoms with E-state index in [1.165, 1.54) is 4.88 Å². The molecule has 2 atom stereocenters. The van der Waals surface area contributed by atoms with E-state index in [1.807, 2.05) is 6.20 Å². The highest BCUT2D eigenvalue weighted by molar-refractivity contribution is 9.11. The van der Waals surface area contributed by atoms with Crippen molar-refractivity contribution in [3.8, 4) is 0 Å². The van der Waals surface area contributed by atoms with Crippen LogP contribution in [-0.4, -0.2) is 11.0 Å². The standard InChI is InChI=1S/C6H7BrN2S.2BrH/c7-6-9-2-5(10-6)3-1-4(3)8;;/h2-4H,1,8H2;2*1H. The molecule has 1 aromatic rings. The molecular formula is C6H9Br3N2S. The van der Waals surface area contributed by atoms with Crippen LogP contribution in [0.4, 0.5) is 0 Å². The van der Waals surface area contributed by atoms with Gasteiger partial charge in [-0.05, 0) is 22.4 Å². The van der Waals surface area contributed by atoms with Gasteiger partial charge < -0.3 is 5.73 Å². The number of nitrogens with zero attached hydrogens (tertiary/aromatic N) is 1. The highest BCUT2D eigenvalue weighted by Crippen LogP contribution is 2.42. The molecule has 1 fully saturated rings. The minimum absolute atomic E-state index is 0.